The molecule has 17 heavy (non-hydrogen) atoms. The van der Waals surface area contributed by atoms with Crippen LogP contribution in [-0.2, 0) is 10.8 Å². The van der Waals surface area contributed by atoms with Crippen molar-refractivity contribution in [3.05, 3.63) is 28.7 Å². The van der Waals surface area contributed by atoms with Crippen LogP contribution < -0.4 is 10.5 Å². The molecule has 1 aromatic rings. The lowest BCUT2D eigenvalue weighted by molar-refractivity contribution is 0.342. The zero-order valence-electron chi connectivity index (χ0n) is 10.1. The van der Waals surface area contributed by atoms with E-state index in [1.54, 1.807) is 0 Å². The number of benzene rings is 1. The fourth-order valence-corrected chi connectivity index (χ4v) is 2.92. The lowest BCUT2D eigenvalue weighted by Crippen LogP contribution is -2.39. The van der Waals surface area contributed by atoms with Crippen LogP contribution in [0.15, 0.2) is 28.7 Å². The van der Waals surface area contributed by atoms with Crippen molar-refractivity contribution in [2.24, 2.45) is 5.73 Å². The first kappa shape index (κ1) is 14.7. The molecule has 0 spiro atoms. The summed E-state index contributed by atoms with van der Waals surface area (Å²) in [7, 11) is -0.930. The average Bonchev–Trinajstić information content (AvgIpc) is 2.14. The van der Waals surface area contributed by atoms with Crippen molar-refractivity contribution in [2.45, 2.75) is 19.4 Å². The molecule has 96 valence electrons. The fourth-order valence-electron chi connectivity index (χ4n) is 1.30. The van der Waals surface area contributed by atoms with E-state index in [1.165, 1.54) is 0 Å². The zero-order chi connectivity index (χ0) is 12.9. The van der Waals surface area contributed by atoms with Crippen LogP contribution >= 0.6 is 15.9 Å². The minimum Gasteiger partial charge on any atom is -0.493 e. The molecule has 0 bridgehead atoms. The molecule has 0 aliphatic heterocycles. The third-order valence-electron chi connectivity index (χ3n) is 1.91. The van der Waals surface area contributed by atoms with Crippen molar-refractivity contribution in [3.8, 4) is 5.75 Å². The van der Waals surface area contributed by atoms with Crippen LogP contribution in [0, 0.1) is 0 Å². The summed E-state index contributed by atoms with van der Waals surface area (Å²) in [6.45, 7) is 4.19. The minimum atomic E-state index is -0.930. The second kappa shape index (κ2) is 6.52. The van der Waals surface area contributed by atoms with Gasteiger partial charge in [0.05, 0.1) is 12.4 Å². The maximum atomic E-state index is 11.7. The van der Waals surface area contributed by atoms with Crippen molar-refractivity contribution < 1.29 is 8.95 Å². The van der Waals surface area contributed by atoms with E-state index < -0.39 is 10.8 Å². The van der Waals surface area contributed by atoms with Gasteiger partial charge < -0.3 is 10.5 Å². The van der Waals surface area contributed by atoms with Crippen molar-refractivity contribution >= 4 is 26.7 Å². The molecule has 0 saturated carbocycles. The van der Waals surface area contributed by atoms with Crippen LogP contribution in [0.25, 0.3) is 0 Å². The summed E-state index contributed by atoms with van der Waals surface area (Å²) in [4.78, 5) is 0. The lowest BCUT2D eigenvalue weighted by Gasteiger charge is -2.17. The highest BCUT2D eigenvalue weighted by atomic mass is 79.9. The van der Waals surface area contributed by atoms with E-state index in [9.17, 15) is 4.21 Å². The van der Waals surface area contributed by atoms with Crippen molar-refractivity contribution in [3.63, 3.8) is 0 Å². The Balaban J connectivity index is 2.31. The number of hydrogen-bond acceptors (Lipinski definition) is 3. The summed E-state index contributed by atoms with van der Waals surface area (Å²) in [5, 5.41) is 0. The SMILES string of the molecule is CC(C)(N)CS(=O)CCOc1cccc(Br)c1. The monoisotopic (exact) mass is 319 g/mol. The van der Waals surface area contributed by atoms with Gasteiger partial charge in [-0.2, -0.15) is 0 Å². The smallest absolute Gasteiger partial charge is 0.120 e. The maximum absolute atomic E-state index is 11.7. The van der Waals surface area contributed by atoms with Gasteiger partial charge >= 0.3 is 0 Å². The fraction of sp³-hybridized carbons (Fsp3) is 0.500. The van der Waals surface area contributed by atoms with Crippen LogP contribution in [0.4, 0.5) is 0 Å². The molecule has 5 heteroatoms. The minimum absolute atomic E-state index is 0.388. The quantitative estimate of drug-likeness (QED) is 0.875. The van der Waals surface area contributed by atoms with Gasteiger partial charge in [-0.15, -0.1) is 0 Å². The summed E-state index contributed by atoms with van der Waals surface area (Å²) in [6, 6.07) is 7.59. The van der Waals surface area contributed by atoms with Gasteiger partial charge in [0.2, 0.25) is 0 Å². The van der Waals surface area contributed by atoms with E-state index in [2.05, 4.69) is 15.9 Å². The molecule has 1 unspecified atom stereocenters. The molecule has 0 aliphatic rings. The summed E-state index contributed by atoms with van der Waals surface area (Å²) in [5.41, 5.74) is 5.41. The molecule has 0 aromatic heterocycles. The Labute approximate surface area is 113 Å². The molecule has 0 fully saturated rings. The van der Waals surface area contributed by atoms with E-state index in [-0.39, 0.29) is 5.54 Å². The van der Waals surface area contributed by atoms with Gasteiger partial charge in [0.25, 0.3) is 0 Å². The highest BCUT2D eigenvalue weighted by Gasteiger charge is 2.14. The Bertz CT molecular complexity index is 390. The molecular weight excluding hydrogens is 302 g/mol. The highest BCUT2D eigenvalue weighted by molar-refractivity contribution is 9.10. The maximum Gasteiger partial charge on any atom is 0.120 e. The number of nitrogens with two attached hydrogens (primary N) is 1. The predicted octanol–water partition coefficient (Wildman–Crippen LogP) is 2.31. The normalized spacial score (nSPS) is 13.4. The molecule has 1 rings (SSSR count). The van der Waals surface area contributed by atoms with Crippen LogP contribution in [0.2, 0.25) is 0 Å². The molecule has 1 atom stereocenters. The molecule has 0 radical (unpaired) electrons. The van der Waals surface area contributed by atoms with Gasteiger partial charge in [0, 0.05) is 26.6 Å². The van der Waals surface area contributed by atoms with Crippen molar-refractivity contribution in [1.29, 1.82) is 0 Å². The first-order chi connectivity index (χ1) is 7.87. The van der Waals surface area contributed by atoms with Gasteiger partial charge in [-0.1, -0.05) is 22.0 Å². The van der Waals surface area contributed by atoms with Crippen molar-refractivity contribution in [2.75, 3.05) is 18.1 Å². The zero-order valence-corrected chi connectivity index (χ0v) is 12.5. The molecule has 0 heterocycles. The largest absolute Gasteiger partial charge is 0.493 e. The van der Waals surface area contributed by atoms with Crippen LogP contribution in [0.1, 0.15) is 13.8 Å². The Hall–Kier alpha value is -0.390. The first-order valence-corrected chi connectivity index (χ1v) is 7.67. The van der Waals surface area contributed by atoms with Crippen LogP contribution in [-0.4, -0.2) is 27.9 Å². The molecule has 1 aromatic carbocycles. The van der Waals surface area contributed by atoms with E-state index in [1.807, 2.05) is 38.1 Å². The predicted molar refractivity (Wildman–Crippen MR) is 75.8 cm³/mol. The Morgan fingerprint density at radius 2 is 2.18 bits per heavy atom. The van der Waals surface area contributed by atoms with Crippen LogP contribution in [0.5, 0.6) is 5.75 Å². The molecule has 0 aliphatic carbocycles. The molecule has 3 nitrogen and oxygen atoms in total. The second-order valence-electron chi connectivity index (χ2n) is 4.58. The van der Waals surface area contributed by atoms with E-state index in [4.69, 9.17) is 10.5 Å². The molecular formula is C12H18BrNO2S. The lowest BCUT2D eigenvalue weighted by atomic mass is 10.1. The standard InChI is InChI=1S/C12H18BrNO2S/c1-12(2,14)9-17(15)7-6-16-11-5-3-4-10(13)8-11/h3-5,8H,6-7,9,14H2,1-2H3. The number of ether oxygens (including phenoxy) is 1. The molecule has 2 N–H and O–H groups in total. The average molecular weight is 320 g/mol. The van der Waals surface area contributed by atoms with Gasteiger partial charge in [-0.05, 0) is 32.0 Å². The van der Waals surface area contributed by atoms with Crippen LogP contribution in [0.3, 0.4) is 0 Å². The summed E-state index contributed by atoms with van der Waals surface area (Å²) in [6.07, 6.45) is 0. The van der Waals surface area contributed by atoms with Gasteiger partial charge in [-0.3, -0.25) is 4.21 Å². The third kappa shape index (κ3) is 6.81. The van der Waals surface area contributed by atoms with E-state index in [0.29, 0.717) is 18.1 Å². The van der Waals surface area contributed by atoms with E-state index in [0.717, 1.165) is 10.2 Å². The van der Waals surface area contributed by atoms with Gasteiger partial charge in [0.15, 0.2) is 0 Å². The van der Waals surface area contributed by atoms with Crippen molar-refractivity contribution in [1.82, 2.24) is 0 Å². The molecule has 0 saturated heterocycles. The van der Waals surface area contributed by atoms with Gasteiger partial charge in [0.1, 0.15) is 5.75 Å². The van der Waals surface area contributed by atoms with E-state index >= 15 is 0 Å². The Morgan fingerprint density at radius 3 is 2.76 bits per heavy atom. The first-order valence-electron chi connectivity index (χ1n) is 5.39. The number of halogens is 1. The Kier molecular flexibility index (Phi) is 5.62. The highest BCUT2D eigenvalue weighted by Crippen LogP contribution is 2.17. The summed E-state index contributed by atoms with van der Waals surface area (Å²) < 4.78 is 18.1. The summed E-state index contributed by atoms with van der Waals surface area (Å²) in [5.74, 6) is 1.78. The number of hydrogen-bond donors (Lipinski definition) is 1. The number of rotatable bonds is 6. The summed E-state index contributed by atoms with van der Waals surface area (Å²) >= 11 is 3.37. The third-order valence-corrected chi connectivity index (χ3v) is 4.09. The Morgan fingerprint density at radius 1 is 1.47 bits per heavy atom. The second-order valence-corrected chi connectivity index (χ2v) is 7.07. The topological polar surface area (TPSA) is 52.3 Å². The van der Waals surface area contributed by atoms with Gasteiger partial charge in [-0.25, -0.2) is 0 Å². The molecule has 0 amide bonds.